The van der Waals surface area contributed by atoms with Crippen LogP contribution >= 0.6 is 11.6 Å². The van der Waals surface area contributed by atoms with Gasteiger partial charge in [-0.25, -0.2) is 9.59 Å². The van der Waals surface area contributed by atoms with Gasteiger partial charge >= 0.3 is 11.9 Å². The molecule has 1 aromatic carbocycles. The topological polar surface area (TPSA) is 72.8 Å². The standard InChI is InChI=1S/C13H13ClO5/c1-2-18-13(17)6-4-9-3-5-10(14)7-11(9)19-8-12(15)16/h3-7H,2,8H2,1H3,(H,15,16). The van der Waals surface area contributed by atoms with Crippen molar-refractivity contribution < 1.29 is 24.2 Å². The number of aliphatic carboxylic acids is 1. The summed E-state index contributed by atoms with van der Waals surface area (Å²) in [5, 5.41) is 8.98. The molecule has 0 amide bonds. The van der Waals surface area contributed by atoms with E-state index < -0.39 is 18.5 Å². The zero-order chi connectivity index (χ0) is 14.3. The zero-order valence-electron chi connectivity index (χ0n) is 10.3. The van der Waals surface area contributed by atoms with Gasteiger partial charge in [-0.3, -0.25) is 0 Å². The molecule has 1 aromatic rings. The smallest absolute Gasteiger partial charge is 0.341 e. The Labute approximate surface area is 115 Å². The maximum absolute atomic E-state index is 11.2. The number of carboxylic acid groups (broad SMARTS) is 1. The summed E-state index contributed by atoms with van der Waals surface area (Å²) in [6, 6.07) is 4.71. The fourth-order valence-corrected chi connectivity index (χ4v) is 1.42. The Morgan fingerprint density at radius 3 is 2.79 bits per heavy atom. The van der Waals surface area contributed by atoms with Crippen molar-refractivity contribution in [1.29, 1.82) is 0 Å². The number of hydrogen-bond acceptors (Lipinski definition) is 4. The molecular formula is C13H13ClO5. The van der Waals surface area contributed by atoms with Crippen LogP contribution in [-0.2, 0) is 14.3 Å². The second kappa shape index (κ2) is 7.43. The lowest BCUT2D eigenvalue weighted by Gasteiger charge is -2.07. The molecule has 0 saturated heterocycles. The van der Waals surface area contributed by atoms with E-state index in [9.17, 15) is 9.59 Å². The van der Waals surface area contributed by atoms with Crippen LogP contribution in [-0.4, -0.2) is 30.3 Å². The summed E-state index contributed by atoms with van der Waals surface area (Å²) in [6.07, 6.45) is 2.71. The lowest BCUT2D eigenvalue weighted by Crippen LogP contribution is -2.10. The molecule has 0 radical (unpaired) electrons. The number of esters is 1. The van der Waals surface area contributed by atoms with E-state index in [-0.39, 0.29) is 12.4 Å². The van der Waals surface area contributed by atoms with Gasteiger partial charge in [-0.1, -0.05) is 11.6 Å². The Kier molecular flexibility index (Phi) is 5.89. The average molecular weight is 285 g/mol. The van der Waals surface area contributed by atoms with Crippen LogP contribution in [0.2, 0.25) is 5.02 Å². The maximum Gasteiger partial charge on any atom is 0.341 e. The molecule has 0 heterocycles. The largest absolute Gasteiger partial charge is 0.481 e. The highest BCUT2D eigenvalue weighted by Gasteiger charge is 2.05. The van der Waals surface area contributed by atoms with E-state index in [0.717, 1.165) is 0 Å². The van der Waals surface area contributed by atoms with Gasteiger partial charge in [0.15, 0.2) is 6.61 Å². The van der Waals surface area contributed by atoms with Crippen LogP contribution in [0.3, 0.4) is 0 Å². The highest BCUT2D eigenvalue weighted by Crippen LogP contribution is 2.24. The van der Waals surface area contributed by atoms with E-state index in [4.69, 9.17) is 26.2 Å². The van der Waals surface area contributed by atoms with Gasteiger partial charge in [0.25, 0.3) is 0 Å². The van der Waals surface area contributed by atoms with E-state index in [1.54, 1.807) is 19.1 Å². The molecule has 0 aromatic heterocycles. The van der Waals surface area contributed by atoms with Crippen molar-refractivity contribution in [3.8, 4) is 5.75 Å². The van der Waals surface area contributed by atoms with E-state index in [2.05, 4.69) is 0 Å². The monoisotopic (exact) mass is 284 g/mol. The van der Waals surface area contributed by atoms with Crippen molar-refractivity contribution in [1.82, 2.24) is 0 Å². The average Bonchev–Trinajstić information content (AvgIpc) is 2.35. The number of rotatable bonds is 6. The Balaban J connectivity index is 2.86. The van der Waals surface area contributed by atoms with Gasteiger partial charge in [-0.15, -0.1) is 0 Å². The van der Waals surface area contributed by atoms with Gasteiger partial charge < -0.3 is 14.6 Å². The number of carboxylic acids is 1. The molecule has 1 N–H and O–H groups in total. The van der Waals surface area contributed by atoms with Crippen molar-refractivity contribution in [3.63, 3.8) is 0 Å². The van der Waals surface area contributed by atoms with Crippen molar-refractivity contribution in [2.45, 2.75) is 6.92 Å². The first-order valence-corrected chi connectivity index (χ1v) is 5.89. The van der Waals surface area contributed by atoms with E-state index in [1.165, 1.54) is 18.2 Å². The molecule has 0 atom stereocenters. The van der Waals surface area contributed by atoms with Crippen LogP contribution in [0.25, 0.3) is 6.08 Å². The van der Waals surface area contributed by atoms with Crippen molar-refractivity contribution in [2.75, 3.05) is 13.2 Å². The summed E-state index contributed by atoms with van der Waals surface area (Å²) >= 11 is 5.80. The summed E-state index contributed by atoms with van der Waals surface area (Å²) in [4.78, 5) is 21.7. The quantitative estimate of drug-likeness (QED) is 0.641. The SMILES string of the molecule is CCOC(=O)C=Cc1ccc(Cl)cc1OCC(=O)O. The highest BCUT2D eigenvalue weighted by atomic mass is 35.5. The van der Waals surface area contributed by atoms with E-state index in [1.807, 2.05) is 0 Å². The molecular weight excluding hydrogens is 272 g/mol. The molecule has 0 unspecified atom stereocenters. The number of ether oxygens (including phenoxy) is 2. The summed E-state index contributed by atoms with van der Waals surface area (Å²) < 4.78 is 9.82. The highest BCUT2D eigenvalue weighted by molar-refractivity contribution is 6.30. The molecule has 0 spiro atoms. The van der Waals surface area contributed by atoms with E-state index >= 15 is 0 Å². The summed E-state index contributed by atoms with van der Waals surface area (Å²) in [7, 11) is 0. The molecule has 0 bridgehead atoms. The lowest BCUT2D eigenvalue weighted by atomic mass is 10.2. The summed E-state index contributed by atoms with van der Waals surface area (Å²) in [5.74, 6) is -1.29. The molecule has 0 aliphatic carbocycles. The molecule has 102 valence electrons. The minimum atomic E-state index is -1.10. The van der Waals surface area contributed by atoms with Gasteiger partial charge in [-0.2, -0.15) is 0 Å². The fourth-order valence-electron chi connectivity index (χ4n) is 1.26. The molecule has 0 aliphatic rings. The third-order valence-electron chi connectivity index (χ3n) is 2.01. The number of hydrogen-bond donors (Lipinski definition) is 1. The minimum Gasteiger partial charge on any atom is -0.481 e. The van der Waals surface area contributed by atoms with Gasteiger partial charge in [0, 0.05) is 16.7 Å². The van der Waals surface area contributed by atoms with Crippen LogP contribution in [0.4, 0.5) is 0 Å². The van der Waals surface area contributed by atoms with Crippen LogP contribution < -0.4 is 4.74 Å². The van der Waals surface area contributed by atoms with Crippen molar-refractivity contribution in [3.05, 3.63) is 34.9 Å². The summed E-state index contributed by atoms with van der Waals surface area (Å²) in [5.41, 5.74) is 0.540. The number of carbonyl (C=O) groups excluding carboxylic acids is 1. The maximum atomic E-state index is 11.2. The normalized spacial score (nSPS) is 10.4. The Morgan fingerprint density at radius 1 is 1.42 bits per heavy atom. The second-order valence-electron chi connectivity index (χ2n) is 3.45. The predicted octanol–water partition coefficient (Wildman–Crippen LogP) is 2.38. The van der Waals surface area contributed by atoms with Crippen molar-refractivity contribution >= 4 is 29.6 Å². The van der Waals surface area contributed by atoms with Crippen LogP contribution in [0.5, 0.6) is 5.75 Å². The first kappa shape index (κ1) is 15.0. The van der Waals surface area contributed by atoms with Gasteiger partial charge in [0.05, 0.1) is 6.61 Å². The molecule has 0 fully saturated rings. The zero-order valence-corrected chi connectivity index (χ0v) is 11.0. The Hall–Kier alpha value is -2.01. The fraction of sp³-hybridized carbons (Fsp3) is 0.231. The molecule has 1 rings (SSSR count). The van der Waals surface area contributed by atoms with Crippen molar-refractivity contribution in [2.24, 2.45) is 0 Å². The molecule has 0 aliphatic heterocycles. The Bertz CT molecular complexity index is 496. The van der Waals surface area contributed by atoms with E-state index in [0.29, 0.717) is 10.6 Å². The van der Waals surface area contributed by atoms with Crippen LogP contribution in [0.15, 0.2) is 24.3 Å². The van der Waals surface area contributed by atoms with Gasteiger partial charge in [0.2, 0.25) is 0 Å². The molecule has 0 saturated carbocycles. The predicted molar refractivity (Wildman–Crippen MR) is 70.2 cm³/mol. The van der Waals surface area contributed by atoms with Gasteiger partial charge in [-0.05, 0) is 31.2 Å². The lowest BCUT2D eigenvalue weighted by molar-refractivity contribution is -0.139. The van der Waals surface area contributed by atoms with Crippen LogP contribution in [0, 0.1) is 0 Å². The van der Waals surface area contributed by atoms with Crippen LogP contribution in [0.1, 0.15) is 12.5 Å². The molecule has 19 heavy (non-hydrogen) atoms. The molecule has 5 nitrogen and oxygen atoms in total. The molecule has 6 heteroatoms. The number of halogens is 1. The first-order chi connectivity index (χ1) is 9.02. The number of carbonyl (C=O) groups is 2. The minimum absolute atomic E-state index is 0.284. The second-order valence-corrected chi connectivity index (χ2v) is 3.89. The Morgan fingerprint density at radius 2 is 2.16 bits per heavy atom. The summed E-state index contributed by atoms with van der Waals surface area (Å²) in [6.45, 7) is 1.50. The third-order valence-corrected chi connectivity index (χ3v) is 2.25. The van der Waals surface area contributed by atoms with Gasteiger partial charge in [0.1, 0.15) is 5.75 Å². The first-order valence-electron chi connectivity index (χ1n) is 5.52. The third kappa shape index (κ3) is 5.44. The number of benzene rings is 1.